The fraction of sp³-hybridized carbons (Fsp3) is 0.464. The van der Waals surface area contributed by atoms with E-state index >= 15 is 0 Å². The monoisotopic (exact) mass is 573 g/mol. The smallest absolute Gasteiger partial charge is 0.408 e. The molecular formula is C28H39N5O6S. The average Bonchev–Trinajstić information content (AvgIpc) is 2.87. The second-order valence-electron chi connectivity index (χ2n) is 10.5. The van der Waals surface area contributed by atoms with E-state index in [-0.39, 0.29) is 36.0 Å². The number of nitrogens with two attached hydrogens (primary N) is 2. The van der Waals surface area contributed by atoms with Crippen LogP contribution in [0.3, 0.4) is 0 Å². The summed E-state index contributed by atoms with van der Waals surface area (Å²) in [4.78, 5) is 28.1. The van der Waals surface area contributed by atoms with Crippen LogP contribution in [0.4, 0.5) is 4.79 Å². The van der Waals surface area contributed by atoms with Crippen molar-refractivity contribution in [2.24, 2.45) is 16.5 Å². The first-order valence-electron chi connectivity index (χ1n) is 13.1. The van der Waals surface area contributed by atoms with Crippen LogP contribution >= 0.6 is 0 Å². The molecule has 1 aliphatic heterocycles. The Kier molecular flexibility index (Phi) is 9.67. The van der Waals surface area contributed by atoms with Crippen LogP contribution in [0.25, 0.3) is 0 Å². The number of nitrogens with zero attached hydrogens (tertiary/aromatic N) is 1. The Labute approximate surface area is 235 Å². The number of aliphatic imine (C=N–C) groups is 1. The Balaban J connectivity index is 1.59. The standard InChI is InChI=1S/C28H39N5O6S/c1-17-18(2)24(19(3)21-13-14-28(4,5)39-23(17)21)40(36,37)33-26(30)31-15-9-12-22(25(29)34)32-27(35)38-16-20-10-7-6-8-11-20/h6-8,10-11,22H,9,12-16H2,1-5H3,(H2,29,34)(H,32,35)(H3,30,31,33)/t22-/m0/s1. The van der Waals surface area contributed by atoms with E-state index in [9.17, 15) is 18.0 Å². The summed E-state index contributed by atoms with van der Waals surface area (Å²) in [5.74, 6) is -0.263. The number of benzene rings is 2. The number of guanidine groups is 1. The van der Waals surface area contributed by atoms with Gasteiger partial charge in [-0.15, -0.1) is 0 Å². The number of hydrogen-bond acceptors (Lipinski definition) is 7. The third-order valence-corrected chi connectivity index (χ3v) is 8.58. The molecule has 11 nitrogen and oxygen atoms in total. The summed E-state index contributed by atoms with van der Waals surface area (Å²) in [6.45, 7) is 9.56. The van der Waals surface area contributed by atoms with Gasteiger partial charge in [-0.1, -0.05) is 30.3 Å². The first-order chi connectivity index (χ1) is 18.7. The highest BCUT2D eigenvalue weighted by Gasteiger charge is 2.33. The molecule has 1 atom stereocenters. The maximum absolute atomic E-state index is 13.3. The molecule has 2 aromatic rings. The molecule has 0 aromatic heterocycles. The minimum absolute atomic E-state index is 0.0484. The number of alkyl carbamates (subject to hydrolysis) is 1. The summed E-state index contributed by atoms with van der Waals surface area (Å²) < 4.78 is 40.3. The van der Waals surface area contributed by atoms with Crippen molar-refractivity contribution in [3.8, 4) is 5.75 Å². The van der Waals surface area contributed by atoms with Crippen molar-refractivity contribution in [1.29, 1.82) is 0 Å². The van der Waals surface area contributed by atoms with E-state index in [1.807, 2.05) is 39.0 Å². The van der Waals surface area contributed by atoms with Crippen LogP contribution < -0.4 is 26.2 Å². The molecule has 1 aliphatic rings. The molecule has 2 amide bonds. The predicted molar refractivity (Wildman–Crippen MR) is 152 cm³/mol. The molecule has 0 saturated heterocycles. The molecule has 0 spiro atoms. The summed E-state index contributed by atoms with van der Waals surface area (Å²) in [7, 11) is -4.03. The normalized spacial score (nSPS) is 15.4. The minimum atomic E-state index is -4.03. The van der Waals surface area contributed by atoms with Crippen LogP contribution in [0.2, 0.25) is 0 Å². The van der Waals surface area contributed by atoms with Gasteiger partial charge in [-0.25, -0.2) is 17.9 Å². The molecule has 0 unspecified atom stereocenters. The summed E-state index contributed by atoms with van der Waals surface area (Å²) in [6.07, 6.45) is 1.17. The van der Waals surface area contributed by atoms with Crippen LogP contribution in [0.15, 0.2) is 40.2 Å². The fourth-order valence-corrected chi connectivity index (χ4v) is 6.18. The van der Waals surface area contributed by atoms with Crippen LogP contribution in [0.1, 0.15) is 60.9 Å². The van der Waals surface area contributed by atoms with Crippen molar-refractivity contribution in [2.75, 3.05) is 6.54 Å². The number of fused-ring (bicyclic) bond motifs is 1. The second-order valence-corrected chi connectivity index (χ2v) is 12.2. The lowest BCUT2D eigenvalue weighted by Crippen LogP contribution is -2.44. The molecule has 0 fully saturated rings. The highest BCUT2D eigenvalue weighted by molar-refractivity contribution is 7.90. The molecule has 40 heavy (non-hydrogen) atoms. The van der Waals surface area contributed by atoms with Crippen molar-refractivity contribution in [3.63, 3.8) is 0 Å². The quantitative estimate of drug-likeness (QED) is 0.192. The SMILES string of the molecule is Cc1c(C)c(S(=O)(=O)NC(N)=NCCC[C@H](NC(=O)OCc2ccccc2)C(N)=O)c(C)c2c1OC(C)(C)CC2. The number of ether oxygens (including phenoxy) is 2. The maximum atomic E-state index is 13.3. The van der Waals surface area contributed by atoms with E-state index in [2.05, 4.69) is 15.0 Å². The van der Waals surface area contributed by atoms with Crippen LogP contribution in [-0.4, -0.2) is 44.6 Å². The second kappa shape index (κ2) is 12.6. The number of carbonyl (C=O) groups excluding carboxylic acids is 2. The maximum Gasteiger partial charge on any atom is 0.408 e. The summed E-state index contributed by atoms with van der Waals surface area (Å²) >= 11 is 0. The van der Waals surface area contributed by atoms with E-state index < -0.39 is 28.1 Å². The predicted octanol–water partition coefficient (Wildman–Crippen LogP) is 2.87. The first kappa shape index (κ1) is 30.7. The Morgan fingerprint density at radius 2 is 1.77 bits per heavy atom. The van der Waals surface area contributed by atoms with Crippen molar-refractivity contribution >= 4 is 28.0 Å². The van der Waals surface area contributed by atoms with Crippen molar-refractivity contribution in [3.05, 3.63) is 58.1 Å². The Bertz CT molecular complexity index is 1390. The van der Waals surface area contributed by atoms with Crippen molar-refractivity contribution in [1.82, 2.24) is 10.0 Å². The molecule has 0 aliphatic carbocycles. The molecule has 0 bridgehead atoms. The number of primary amides is 1. The highest BCUT2D eigenvalue weighted by atomic mass is 32.2. The van der Waals surface area contributed by atoms with Crippen LogP contribution in [0, 0.1) is 20.8 Å². The van der Waals surface area contributed by atoms with Gasteiger partial charge in [0.2, 0.25) is 11.9 Å². The zero-order valence-electron chi connectivity index (χ0n) is 23.7. The zero-order valence-corrected chi connectivity index (χ0v) is 24.5. The van der Waals surface area contributed by atoms with Gasteiger partial charge >= 0.3 is 6.09 Å². The van der Waals surface area contributed by atoms with Gasteiger partial charge in [-0.3, -0.25) is 9.79 Å². The summed E-state index contributed by atoms with van der Waals surface area (Å²) in [5, 5.41) is 2.45. The molecule has 6 N–H and O–H groups in total. The van der Waals surface area contributed by atoms with E-state index in [0.717, 1.165) is 28.9 Å². The summed E-state index contributed by atoms with van der Waals surface area (Å²) in [5.41, 5.74) is 14.7. The molecular weight excluding hydrogens is 534 g/mol. The molecule has 12 heteroatoms. The topological polar surface area (TPSA) is 175 Å². The molecule has 218 valence electrons. The van der Waals surface area contributed by atoms with E-state index in [0.29, 0.717) is 24.0 Å². The Hall–Kier alpha value is -3.80. The van der Waals surface area contributed by atoms with Crippen LogP contribution in [-0.2, 0) is 32.6 Å². The largest absolute Gasteiger partial charge is 0.487 e. The van der Waals surface area contributed by atoms with Gasteiger partial charge in [0, 0.05) is 6.54 Å². The molecule has 3 rings (SSSR count). The molecule has 0 saturated carbocycles. The summed E-state index contributed by atoms with van der Waals surface area (Å²) in [6, 6.07) is 8.12. The fourth-order valence-electron chi connectivity index (χ4n) is 4.66. The third kappa shape index (κ3) is 7.65. The molecule has 2 aromatic carbocycles. The third-order valence-electron chi connectivity index (χ3n) is 6.96. The highest BCUT2D eigenvalue weighted by Crippen LogP contribution is 2.42. The van der Waals surface area contributed by atoms with Crippen molar-refractivity contribution in [2.45, 2.75) is 83.4 Å². The van der Waals surface area contributed by atoms with Crippen molar-refractivity contribution < 1.29 is 27.5 Å². The molecule has 0 radical (unpaired) electrons. The number of sulfonamides is 1. The zero-order chi connectivity index (χ0) is 29.7. The Morgan fingerprint density at radius 3 is 2.42 bits per heavy atom. The number of nitrogens with one attached hydrogen (secondary N) is 2. The van der Waals surface area contributed by atoms with Gasteiger partial charge < -0.3 is 26.3 Å². The average molecular weight is 574 g/mol. The van der Waals surface area contributed by atoms with Gasteiger partial charge in [0.05, 0.1) is 4.90 Å². The van der Waals surface area contributed by atoms with E-state index in [1.165, 1.54) is 0 Å². The number of rotatable bonds is 10. The van der Waals surface area contributed by atoms with E-state index in [4.69, 9.17) is 20.9 Å². The minimum Gasteiger partial charge on any atom is -0.487 e. The van der Waals surface area contributed by atoms with Gasteiger partial charge in [-0.2, -0.15) is 0 Å². The Morgan fingerprint density at radius 1 is 1.10 bits per heavy atom. The lowest BCUT2D eigenvalue weighted by molar-refractivity contribution is -0.120. The lowest BCUT2D eigenvalue weighted by atomic mass is 9.88. The van der Waals surface area contributed by atoms with Gasteiger partial charge in [-0.05, 0) is 88.1 Å². The molecule has 1 heterocycles. The van der Waals surface area contributed by atoms with Crippen LogP contribution in [0.5, 0.6) is 5.75 Å². The number of carbonyl (C=O) groups is 2. The van der Waals surface area contributed by atoms with Gasteiger partial charge in [0.15, 0.2) is 0 Å². The first-order valence-corrected chi connectivity index (χ1v) is 14.6. The number of hydrogen-bond donors (Lipinski definition) is 4. The van der Waals surface area contributed by atoms with Gasteiger partial charge in [0.1, 0.15) is 24.0 Å². The van der Waals surface area contributed by atoms with E-state index in [1.54, 1.807) is 26.0 Å². The van der Waals surface area contributed by atoms with Gasteiger partial charge in [0.25, 0.3) is 10.0 Å². The lowest BCUT2D eigenvalue weighted by Gasteiger charge is -2.35. The number of amides is 2.